The quantitative estimate of drug-likeness (QED) is 0.641. The van der Waals surface area contributed by atoms with Crippen LogP contribution in [0.1, 0.15) is 52.1 Å². The fourth-order valence-electron chi connectivity index (χ4n) is 4.15. The van der Waals surface area contributed by atoms with Gasteiger partial charge in [-0.25, -0.2) is 0 Å². The zero-order chi connectivity index (χ0) is 20.8. The van der Waals surface area contributed by atoms with Gasteiger partial charge in [0.25, 0.3) is 0 Å². The molecule has 0 bridgehead atoms. The van der Waals surface area contributed by atoms with E-state index in [-0.39, 0.29) is 18.0 Å². The van der Waals surface area contributed by atoms with E-state index in [1.165, 1.54) is 0 Å². The number of carbonyl (C=O) groups is 2. The predicted molar refractivity (Wildman–Crippen MR) is 107 cm³/mol. The lowest BCUT2D eigenvalue weighted by Crippen LogP contribution is -2.32. The molecule has 3 atom stereocenters. The molecule has 1 aliphatic rings. The molecule has 1 saturated carbocycles. The van der Waals surface area contributed by atoms with Gasteiger partial charge in [-0.3, -0.25) is 9.48 Å². The maximum atomic E-state index is 11.7. The second-order valence-electron chi connectivity index (χ2n) is 8.43. The number of nitrogens with zero attached hydrogens (tertiary/aromatic N) is 5. The summed E-state index contributed by atoms with van der Waals surface area (Å²) in [5, 5.41) is 23.4. The molecule has 4 rings (SSSR count). The Labute approximate surface area is 168 Å². The fraction of sp³-hybridized carbons (Fsp3) is 0.476. The Kier molecular flexibility index (Phi) is 4.72. The highest BCUT2D eigenvalue weighted by Crippen LogP contribution is 2.37. The summed E-state index contributed by atoms with van der Waals surface area (Å²) >= 11 is 0. The Morgan fingerprint density at radius 2 is 2.14 bits per heavy atom. The number of carbonyl (C=O) groups excluding carboxylic acids is 1. The monoisotopic (exact) mass is 395 g/mol. The topological polar surface area (TPSA) is 103 Å². The molecular weight excluding hydrogens is 370 g/mol. The predicted octanol–water partition coefficient (Wildman–Crippen LogP) is 3.51. The van der Waals surface area contributed by atoms with Crippen LogP contribution in [0.4, 0.5) is 0 Å². The summed E-state index contributed by atoms with van der Waals surface area (Å²) in [4.78, 5) is 23.0. The Bertz CT molecular complexity index is 1070. The third-order valence-corrected chi connectivity index (χ3v) is 6.49. The first-order chi connectivity index (χ1) is 13.8. The summed E-state index contributed by atoms with van der Waals surface area (Å²) in [5.41, 5.74) is 1.48. The molecular formula is C21H25N5O3. The summed E-state index contributed by atoms with van der Waals surface area (Å²) in [7, 11) is 0. The van der Waals surface area contributed by atoms with Crippen LogP contribution in [0.25, 0.3) is 22.2 Å². The highest BCUT2D eigenvalue weighted by atomic mass is 16.4. The van der Waals surface area contributed by atoms with E-state index in [2.05, 4.69) is 15.3 Å². The molecule has 0 amide bonds. The van der Waals surface area contributed by atoms with Gasteiger partial charge < -0.3 is 14.5 Å². The van der Waals surface area contributed by atoms with Crippen LogP contribution in [0, 0.1) is 11.3 Å². The normalized spacial score (nSPS) is 20.8. The van der Waals surface area contributed by atoms with Gasteiger partial charge in [-0.15, -0.1) is 5.10 Å². The first kappa shape index (κ1) is 19.3. The van der Waals surface area contributed by atoms with Crippen LogP contribution in [-0.2, 0) is 9.59 Å². The Morgan fingerprint density at radius 1 is 1.34 bits per heavy atom. The lowest BCUT2D eigenvalue weighted by Gasteiger charge is -2.28. The first-order valence-electron chi connectivity index (χ1n) is 9.90. The van der Waals surface area contributed by atoms with Gasteiger partial charge in [0.05, 0.1) is 23.9 Å². The smallest absolute Gasteiger partial charge is 0.311 e. The minimum atomic E-state index is -0.958. The lowest BCUT2D eigenvalue weighted by atomic mass is 9.85. The molecule has 0 aliphatic heterocycles. The first-order valence-corrected chi connectivity index (χ1v) is 9.90. The Morgan fingerprint density at radius 3 is 2.86 bits per heavy atom. The van der Waals surface area contributed by atoms with Crippen molar-refractivity contribution in [1.82, 2.24) is 24.5 Å². The van der Waals surface area contributed by atoms with Crippen LogP contribution in [0.15, 0.2) is 30.9 Å². The highest BCUT2D eigenvalue weighted by molar-refractivity contribution is 5.92. The standard InChI is InChI=1S/C21H25N5O3/c1-13(21(2,3)20(28)29)25-8-7-16-17(10-22-24-19(16)25)15-9-23-26(11-15)18-6-4-5-14(18)12-27/h7-14,18H,4-6H2,1-3H3,(H,28,29). The molecule has 3 aromatic heterocycles. The van der Waals surface area contributed by atoms with Gasteiger partial charge in [0.2, 0.25) is 0 Å². The summed E-state index contributed by atoms with van der Waals surface area (Å²) in [5.74, 6) is -0.850. The summed E-state index contributed by atoms with van der Waals surface area (Å²) in [6.45, 7) is 5.29. The van der Waals surface area contributed by atoms with Gasteiger partial charge in [0.15, 0.2) is 5.65 Å². The molecule has 3 aromatic rings. The van der Waals surface area contributed by atoms with Gasteiger partial charge in [0.1, 0.15) is 6.29 Å². The van der Waals surface area contributed by atoms with E-state index in [1.54, 1.807) is 26.2 Å². The summed E-state index contributed by atoms with van der Waals surface area (Å²) in [6.07, 6.45) is 11.2. The number of aromatic nitrogens is 5. The zero-order valence-corrected chi connectivity index (χ0v) is 16.8. The van der Waals surface area contributed by atoms with Crippen LogP contribution in [-0.4, -0.2) is 41.9 Å². The molecule has 3 heterocycles. The molecule has 1 N–H and O–H groups in total. The molecule has 29 heavy (non-hydrogen) atoms. The van der Waals surface area contributed by atoms with E-state index >= 15 is 0 Å². The number of aliphatic carboxylic acids is 1. The van der Waals surface area contributed by atoms with E-state index in [9.17, 15) is 14.7 Å². The van der Waals surface area contributed by atoms with Crippen LogP contribution >= 0.6 is 0 Å². The molecule has 8 nitrogen and oxygen atoms in total. The molecule has 152 valence electrons. The molecule has 0 spiro atoms. The van der Waals surface area contributed by atoms with E-state index in [0.717, 1.165) is 42.1 Å². The fourth-order valence-corrected chi connectivity index (χ4v) is 4.15. The van der Waals surface area contributed by atoms with Crippen molar-refractivity contribution in [2.24, 2.45) is 11.3 Å². The minimum absolute atomic E-state index is 0.0125. The van der Waals surface area contributed by atoms with E-state index in [0.29, 0.717) is 5.65 Å². The molecule has 0 aromatic carbocycles. The number of fused-ring (bicyclic) bond motifs is 1. The third-order valence-electron chi connectivity index (χ3n) is 6.49. The van der Waals surface area contributed by atoms with E-state index in [4.69, 9.17) is 0 Å². The van der Waals surface area contributed by atoms with E-state index in [1.807, 2.05) is 34.6 Å². The average molecular weight is 395 g/mol. The number of carboxylic acids is 1. The van der Waals surface area contributed by atoms with Crippen LogP contribution in [0.3, 0.4) is 0 Å². The zero-order valence-electron chi connectivity index (χ0n) is 16.8. The van der Waals surface area contributed by atoms with Crippen molar-refractivity contribution in [3.63, 3.8) is 0 Å². The minimum Gasteiger partial charge on any atom is -0.481 e. The van der Waals surface area contributed by atoms with E-state index < -0.39 is 11.4 Å². The van der Waals surface area contributed by atoms with Crippen LogP contribution in [0.2, 0.25) is 0 Å². The SMILES string of the molecule is CC(n1ccc2c(-c3cnn(C4CCCC4C=O)c3)cnnc21)C(C)(C)C(=O)O. The second kappa shape index (κ2) is 7.09. The molecule has 0 radical (unpaired) electrons. The van der Waals surface area contributed by atoms with Gasteiger partial charge >= 0.3 is 5.97 Å². The number of hydrogen-bond donors (Lipinski definition) is 1. The lowest BCUT2D eigenvalue weighted by molar-refractivity contribution is -0.149. The summed E-state index contributed by atoms with van der Waals surface area (Å²) < 4.78 is 3.75. The molecule has 3 unspecified atom stereocenters. The Hall–Kier alpha value is -3.03. The van der Waals surface area contributed by atoms with Gasteiger partial charge in [-0.05, 0) is 39.7 Å². The van der Waals surface area contributed by atoms with Crippen molar-refractivity contribution >= 4 is 23.3 Å². The number of rotatable bonds is 6. The number of carboxylic acid groups (broad SMARTS) is 1. The molecule has 1 aliphatic carbocycles. The van der Waals surface area contributed by atoms with Gasteiger partial charge in [-0.1, -0.05) is 6.42 Å². The largest absolute Gasteiger partial charge is 0.481 e. The highest BCUT2D eigenvalue weighted by Gasteiger charge is 2.36. The average Bonchev–Trinajstić information content (AvgIpc) is 3.44. The number of aldehydes is 1. The van der Waals surface area contributed by atoms with Crippen molar-refractivity contribution in [2.45, 2.75) is 52.1 Å². The van der Waals surface area contributed by atoms with Crippen molar-refractivity contribution in [2.75, 3.05) is 0 Å². The van der Waals surface area contributed by atoms with Crippen LogP contribution in [0.5, 0.6) is 0 Å². The molecule has 0 saturated heterocycles. The maximum absolute atomic E-state index is 11.7. The Balaban J connectivity index is 1.73. The van der Waals surface area contributed by atoms with Crippen molar-refractivity contribution in [3.05, 3.63) is 30.9 Å². The maximum Gasteiger partial charge on any atom is 0.311 e. The third kappa shape index (κ3) is 3.12. The van der Waals surface area contributed by atoms with Crippen molar-refractivity contribution in [3.8, 4) is 11.1 Å². The molecule has 1 fully saturated rings. The van der Waals surface area contributed by atoms with Crippen molar-refractivity contribution < 1.29 is 14.7 Å². The summed E-state index contributed by atoms with van der Waals surface area (Å²) in [6, 6.07) is 1.73. The van der Waals surface area contributed by atoms with Gasteiger partial charge in [0, 0.05) is 40.9 Å². The second-order valence-corrected chi connectivity index (χ2v) is 8.43. The number of hydrogen-bond acceptors (Lipinski definition) is 5. The molecule has 8 heteroatoms. The van der Waals surface area contributed by atoms with Gasteiger partial charge in [-0.2, -0.15) is 10.2 Å². The van der Waals surface area contributed by atoms with Crippen molar-refractivity contribution in [1.29, 1.82) is 0 Å². The van der Waals surface area contributed by atoms with Crippen LogP contribution < -0.4 is 0 Å².